The number of pyridine rings is 1. The molecule has 4 aromatic rings. The van der Waals surface area contributed by atoms with Crippen LogP contribution < -0.4 is 5.32 Å². The van der Waals surface area contributed by atoms with Crippen LogP contribution in [0.5, 0.6) is 0 Å². The van der Waals surface area contributed by atoms with Crippen molar-refractivity contribution >= 4 is 33.5 Å². The molecule has 7 nitrogen and oxygen atoms in total. The Hall–Kier alpha value is -3.19. The highest BCUT2D eigenvalue weighted by atomic mass is 16.1. The SMILES string of the molecule is CC(C)c1c(-c2ccnc3[nH]ncc23)[nH]c2ccc(NC(=O)C3CCN(C(C)(C)C)C3)cc12. The molecular formula is C26H32N6O. The molecule has 1 fully saturated rings. The molecule has 1 aliphatic heterocycles. The number of anilines is 1. The number of aromatic nitrogens is 4. The number of carbonyl (C=O) groups is 1. The van der Waals surface area contributed by atoms with E-state index in [9.17, 15) is 4.79 Å². The van der Waals surface area contributed by atoms with E-state index in [1.807, 2.05) is 18.3 Å². The Morgan fingerprint density at radius 1 is 1.21 bits per heavy atom. The number of nitrogens with one attached hydrogen (secondary N) is 3. The second-order valence-corrected chi connectivity index (χ2v) is 10.4. The third-order valence-corrected chi connectivity index (χ3v) is 6.81. The largest absolute Gasteiger partial charge is 0.354 e. The van der Waals surface area contributed by atoms with Gasteiger partial charge < -0.3 is 10.3 Å². The van der Waals surface area contributed by atoms with Crippen molar-refractivity contribution < 1.29 is 4.79 Å². The number of rotatable bonds is 4. The van der Waals surface area contributed by atoms with E-state index < -0.39 is 0 Å². The van der Waals surface area contributed by atoms with Gasteiger partial charge in [-0.25, -0.2) is 4.98 Å². The van der Waals surface area contributed by atoms with Crippen LogP contribution in [0, 0.1) is 5.92 Å². The number of fused-ring (bicyclic) bond motifs is 2. The van der Waals surface area contributed by atoms with Crippen molar-refractivity contribution in [2.24, 2.45) is 5.92 Å². The molecule has 1 saturated heterocycles. The zero-order valence-corrected chi connectivity index (χ0v) is 20.0. The molecule has 1 aliphatic rings. The third-order valence-electron chi connectivity index (χ3n) is 6.81. The van der Waals surface area contributed by atoms with Gasteiger partial charge in [0.2, 0.25) is 5.91 Å². The molecule has 5 rings (SSSR count). The zero-order chi connectivity index (χ0) is 23.3. The van der Waals surface area contributed by atoms with Crippen molar-refractivity contribution in [1.82, 2.24) is 25.1 Å². The number of nitrogens with zero attached hydrogens (tertiary/aromatic N) is 3. The average Bonchev–Trinajstić information content (AvgIpc) is 3.49. The molecule has 172 valence electrons. The van der Waals surface area contributed by atoms with Gasteiger partial charge in [-0.3, -0.25) is 14.8 Å². The van der Waals surface area contributed by atoms with Gasteiger partial charge in [-0.05, 0) is 69.5 Å². The lowest BCUT2D eigenvalue weighted by Gasteiger charge is -2.31. The Balaban J connectivity index is 1.48. The van der Waals surface area contributed by atoms with Crippen LogP contribution in [0.4, 0.5) is 5.69 Å². The Kier molecular flexibility index (Phi) is 5.24. The summed E-state index contributed by atoms with van der Waals surface area (Å²) in [5.41, 5.74) is 6.15. The van der Waals surface area contributed by atoms with Gasteiger partial charge in [-0.1, -0.05) is 13.8 Å². The van der Waals surface area contributed by atoms with Crippen LogP contribution in [-0.4, -0.2) is 49.6 Å². The molecule has 7 heteroatoms. The maximum absolute atomic E-state index is 13.0. The minimum atomic E-state index is 0.0254. The van der Waals surface area contributed by atoms with Crippen LogP contribution in [0.1, 0.15) is 52.5 Å². The van der Waals surface area contributed by atoms with Gasteiger partial charge in [0.1, 0.15) is 0 Å². The molecule has 0 radical (unpaired) electrons. The van der Waals surface area contributed by atoms with Crippen molar-refractivity contribution in [2.75, 3.05) is 18.4 Å². The van der Waals surface area contributed by atoms with E-state index in [-0.39, 0.29) is 17.4 Å². The predicted octanol–water partition coefficient (Wildman–Crippen LogP) is 5.29. The first kappa shape index (κ1) is 21.6. The summed E-state index contributed by atoms with van der Waals surface area (Å²) in [6, 6.07) is 8.18. The smallest absolute Gasteiger partial charge is 0.228 e. The van der Waals surface area contributed by atoms with Crippen LogP contribution >= 0.6 is 0 Å². The lowest BCUT2D eigenvalue weighted by molar-refractivity contribution is -0.119. The van der Waals surface area contributed by atoms with Crippen molar-refractivity contribution in [1.29, 1.82) is 0 Å². The molecule has 1 unspecified atom stereocenters. The van der Waals surface area contributed by atoms with Crippen LogP contribution in [0.3, 0.4) is 0 Å². The summed E-state index contributed by atoms with van der Waals surface area (Å²) in [5.74, 6) is 0.430. The maximum atomic E-state index is 13.0. The molecule has 3 aromatic heterocycles. The first-order valence-electron chi connectivity index (χ1n) is 11.7. The van der Waals surface area contributed by atoms with E-state index in [2.05, 4.69) is 77.1 Å². The number of benzene rings is 1. The number of aromatic amines is 2. The molecule has 0 aliphatic carbocycles. The summed E-state index contributed by atoms with van der Waals surface area (Å²) in [7, 11) is 0. The molecule has 1 amide bonds. The molecule has 0 bridgehead atoms. The monoisotopic (exact) mass is 444 g/mol. The van der Waals surface area contributed by atoms with Gasteiger partial charge in [0, 0.05) is 45.8 Å². The van der Waals surface area contributed by atoms with E-state index >= 15 is 0 Å². The van der Waals surface area contributed by atoms with Crippen LogP contribution in [0.25, 0.3) is 33.2 Å². The summed E-state index contributed by atoms with van der Waals surface area (Å²) in [4.78, 5) is 23.4. The zero-order valence-electron chi connectivity index (χ0n) is 20.0. The summed E-state index contributed by atoms with van der Waals surface area (Å²) in [6.07, 6.45) is 4.53. The summed E-state index contributed by atoms with van der Waals surface area (Å²) >= 11 is 0. The highest BCUT2D eigenvalue weighted by Crippen LogP contribution is 2.38. The molecule has 1 atom stereocenters. The topological polar surface area (TPSA) is 89.7 Å². The molecular weight excluding hydrogens is 412 g/mol. The summed E-state index contributed by atoms with van der Waals surface area (Å²) in [6.45, 7) is 12.8. The van der Waals surface area contributed by atoms with Gasteiger partial charge in [0.25, 0.3) is 0 Å². The highest BCUT2D eigenvalue weighted by Gasteiger charge is 2.34. The van der Waals surface area contributed by atoms with E-state index in [0.717, 1.165) is 58.4 Å². The van der Waals surface area contributed by atoms with Crippen molar-refractivity contribution in [3.63, 3.8) is 0 Å². The Labute approximate surface area is 194 Å². The first-order valence-corrected chi connectivity index (χ1v) is 11.7. The standard InChI is InChI=1S/C26H32N6O/c1-15(2)22-19-12-17(29-25(33)16-9-11-32(14-16)26(3,4)5)6-7-21(19)30-23(22)18-8-10-27-24-20(18)13-28-31-24/h6-8,10,12-13,15-16,30H,9,11,14H2,1-5H3,(H,29,33)(H,27,28,31). The highest BCUT2D eigenvalue weighted by molar-refractivity contribution is 6.01. The van der Waals surface area contributed by atoms with Gasteiger partial charge >= 0.3 is 0 Å². The van der Waals surface area contributed by atoms with Gasteiger partial charge in [0.15, 0.2) is 5.65 Å². The van der Waals surface area contributed by atoms with Crippen LogP contribution in [0.2, 0.25) is 0 Å². The second-order valence-electron chi connectivity index (χ2n) is 10.4. The van der Waals surface area contributed by atoms with Crippen molar-refractivity contribution in [3.05, 3.63) is 42.2 Å². The lowest BCUT2D eigenvalue weighted by atomic mass is 9.95. The number of amides is 1. The fourth-order valence-corrected chi connectivity index (χ4v) is 5.00. The summed E-state index contributed by atoms with van der Waals surface area (Å²) in [5, 5.41) is 12.4. The predicted molar refractivity (Wildman–Crippen MR) is 133 cm³/mol. The van der Waals surface area contributed by atoms with Crippen molar-refractivity contribution in [3.8, 4) is 11.3 Å². The second kappa shape index (κ2) is 7.99. The van der Waals surface area contributed by atoms with Crippen LogP contribution in [0.15, 0.2) is 36.7 Å². The number of H-pyrrole nitrogens is 2. The maximum Gasteiger partial charge on any atom is 0.228 e. The van der Waals surface area contributed by atoms with Gasteiger partial charge in [0.05, 0.1) is 17.8 Å². The Morgan fingerprint density at radius 3 is 2.76 bits per heavy atom. The molecule has 4 heterocycles. The number of likely N-dealkylation sites (tertiary alicyclic amines) is 1. The normalized spacial score (nSPS) is 17.5. The Morgan fingerprint density at radius 2 is 2.03 bits per heavy atom. The molecule has 33 heavy (non-hydrogen) atoms. The minimum Gasteiger partial charge on any atom is -0.354 e. The number of hydrogen-bond acceptors (Lipinski definition) is 4. The number of carbonyl (C=O) groups excluding carboxylic acids is 1. The van der Waals surface area contributed by atoms with Crippen molar-refractivity contribution in [2.45, 2.75) is 52.5 Å². The van der Waals surface area contributed by atoms with E-state index in [1.54, 1.807) is 6.20 Å². The van der Waals surface area contributed by atoms with Gasteiger partial charge in [-0.15, -0.1) is 0 Å². The lowest BCUT2D eigenvalue weighted by Crippen LogP contribution is -2.40. The Bertz CT molecular complexity index is 1330. The first-order chi connectivity index (χ1) is 15.7. The molecule has 3 N–H and O–H groups in total. The fourth-order valence-electron chi connectivity index (χ4n) is 5.00. The number of hydrogen-bond donors (Lipinski definition) is 3. The molecule has 0 spiro atoms. The van der Waals surface area contributed by atoms with Crippen LogP contribution in [-0.2, 0) is 4.79 Å². The third kappa shape index (κ3) is 3.91. The summed E-state index contributed by atoms with van der Waals surface area (Å²) < 4.78 is 0. The van der Waals surface area contributed by atoms with E-state index in [1.165, 1.54) is 5.56 Å². The molecule has 0 saturated carbocycles. The van der Waals surface area contributed by atoms with E-state index in [4.69, 9.17) is 0 Å². The molecule has 1 aromatic carbocycles. The minimum absolute atomic E-state index is 0.0254. The van der Waals surface area contributed by atoms with Gasteiger partial charge in [-0.2, -0.15) is 5.10 Å². The quantitative estimate of drug-likeness (QED) is 0.399. The average molecular weight is 445 g/mol. The fraction of sp³-hybridized carbons (Fsp3) is 0.423. The van der Waals surface area contributed by atoms with E-state index in [0.29, 0.717) is 5.92 Å².